The molecule has 0 radical (unpaired) electrons. The van der Waals surface area contributed by atoms with Crippen LogP contribution < -0.4 is 5.32 Å². The van der Waals surface area contributed by atoms with Crippen molar-refractivity contribution in [2.45, 2.75) is 6.54 Å². The minimum Gasteiger partial charge on any atom is -0.380 e. The Hall–Kier alpha value is -1.40. The average Bonchev–Trinajstić information content (AvgIpc) is 2.39. The molecule has 0 spiro atoms. The molecule has 6 heteroatoms. The van der Waals surface area contributed by atoms with Gasteiger partial charge in [-0.15, -0.1) is 0 Å². The second kappa shape index (κ2) is 6.16. The van der Waals surface area contributed by atoms with Gasteiger partial charge in [-0.25, -0.2) is 0 Å². The van der Waals surface area contributed by atoms with E-state index in [-0.39, 0.29) is 5.69 Å². The SMILES string of the molecule is O=[N+]([O-])c1ccc(CNc2ccccc2Br)c(Br)c1. The van der Waals surface area contributed by atoms with Gasteiger partial charge in [0.25, 0.3) is 5.69 Å². The van der Waals surface area contributed by atoms with Gasteiger partial charge in [0.2, 0.25) is 0 Å². The zero-order chi connectivity index (χ0) is 13.8. The van der Waals surface area contributed by atoms with Crippen molar-refractivity contribution in [3.8, 4) is 0 Å². The number of nitrogens with one attached hydrogen (secondary N) is 1. The average molecular weight is 386 g/mol. The van der Waals surface area contributed by atoms with Crippen LogP contribution in [0.15, 0.2) is 51.4 Å². The maximum atomic E-state index is 10.7. The van der Waals surface area contributed by atoms with E-state index in [0.717, 1.165) is 20.2 Å². The van der Waals surface area contributed by atoms with E-state index in [1.165, 1.54) is 12.1 Å². The number of hydrogen-bond donors (Lipinski definition) is 1. The van der Waals surface area contributed by atoms with Crippen LogP contribution in [0.2, 0.25) is 0 Å². The summed E-state index contributed by atoms with van der Waals surface area (Å²) in [5.41, 5.74) is 2.02. The third kappa shape index (κ3) is 3.54. The van der Waals surface area contributed by atoms with E-state index in [9.17, 15) is 10.1 Å². The predicted octanol–water partition coefficient (Wildman–Crippen LogP) is 4.73. The van der Waals surface area contributed by atoms with Crippen LogP contribution >= 0.6 is 31.9 Å². The van der Waals surface area contributed by atoms with Crippen molar-refractivity contribution in [2.24, 2.45) is 0 Å². The number of nitrogens with zero attached hydrogens (tertiary/aromatic N) is 1. The van der Waals surface area contributed by atoms with Crippen molar-refractivity contribution in [3.05, 3.63) is 67.1 Å². The Morgan fingerprint density at radius 3 is 2.47 bits per heavy atom. The predicted molar refractivity (Wildman–Crippen MR) is 82.3 cm³/mol. The maximum absolute atomic E-state index is 10.7. The zero-order valence-corrected chi connectivity index (χ0v) is 12.9. The van der Waals surface area contributed by atoms with E-state index in [0.29, 0.717) is 6.54 Å². The highest BCUT2D eigenvalue weighted by atomic mass is 79.9. The van der Waals surface area contributed by atoms with Crippen molar-refractivity contribution in [2.75, 3.05) is 5.32 Å². The second-order valence-electron chi connectivity index (χ2n) is 3.87. The summed E-state index contributed by atoms with van der Waals surface area (Å²) < 4.78 is 1.70. The summed E-state index contributed by atoms with van der Waals surface area (Å²) in [4.78, 5) is 10.2. The highest BCUT2D eigenvalue weighted by Gasteiger charge is 2.09. The van der Waals surface area contributed by atoms with E-state index >= 15 is 0 Å². The van der Waals surface area contributed by atoms with Gasteiger partial charge in [0.15, 0.2) is 0 Å². The van der Waals surface area contributed by atoms with Crippen molar-refractivity contribution in [1.82, 2.24) is 0 Å². The Morgan fingerprint density at radius 2 is 1.84 bits per heavy atom. The number of halogens is 2. The number of non-ortho nitro benzene ring substituents is 1. The Kier molecular flexibility index (Phi) is 4.55. The first-order valence-electron chi connectivity index (χ1n) is 5.49. The van der Waals surface area contributed by atoms with Crippen LogP contribution in [0.1, 0.15) is 5.56 Å². The van der Waals surface area contributed by atoms with Crippen molar-refractivity contribution in [1.29, 1.82) is 0 Å². The highest BCUT2D eigenvalue weighted by Crippen LogP contribution is 2.26. The van der Waals surface area contributed by atoms with Gasteiger partial charge in [-0.05, 0) is 39.7 Å². The van der Waals surface area contributed by atoms with Gasteiger partial charge in [-0.1, -0.05) is 28.1 Å². The molecule has 0 atom stereocenters. The summed E-state index contributed by atoms with van der Waals surface area (Å²) in [5, 5.41) is 13.9. The van der Waals surface area contributed by atoms with Gasteiger partial charge in [-0.3, -0.25) is 10.1 Å². The first kappa shape index (κ1) is 14.0. The fourth-order valence-corrected chi connectivity index (χ4v) is 2.52. The topological polar surface area (TPSA) is 55.2 Å². The minimum absolute atomic E-state index is 0.0801. The van der Waals surface area contributed by atoms with E-state index in [2.05, 4.69) is 37.2 Å². The van der Waals surface area contributed by atoms with Crippen LogP contribution in [0.5, 0.6) is 0 Å². The van der Waals surface area contributed by atoms with Crippen molar-refractivity contribution < 1.29 is 4.92 Å². The minimum atomic E-state index is -0.407. The summed E-state index contributed by atoms with van der Waals surface area (Å²) in [5.74, 6) is 0. The molecule has 4 nitrogen and oxygen atoms in total. The fraction of sp³-hybridized carbons (Fsp3) is 0.0769. The first-order chi connectivity index (χ1) is 9.08. The molecule has 19 heavy (non-hydrogen) atoms. The Labute approximate surface area is 127 Å². The van der Waals surface area contributed by atoms with E-state index < -0.39 is 4.92 Å². The van der Waals surface area contributed by atoms with Gasteiger partial charge in [0, 0.05) is 33.3 Å². The lowest BCUT2D eigenvalue weighted by molar-refractivity contribution is -0.384. The molecule has 0 saturated carbocycles. The quantitative estimate of drug-likeness (QED) is 0.611. The molecule has 0 bridgehead atoms. The van der Waals surface area contributed by atoms with Gasteiger partial charge in [0.05, 0.1) is 4.92 Å². The van der Waals surface area contributed by atoms with Crippen LogP contribution in [-0.4, -0.2) is 4.92 Å². The molecule has 0 aliphatic rings. The monoisotopic (exact) mass is 384 g/mol. The molecular formula is C13H10Br2N2O2. The molecule has 0 aliphatic carbocycles. The van der Waals surface area contributed by atoms with Crippen LogP contribution in [0.3, 0.4) is 0 Å². The Balaban J connectivity index is 2.12. The summed E-state index contributed by atoms with van der Waals surface area (Å²) in [6.45, 7) is 0.585. The highest BCUT2D eigenvalue weighted by molar-refractivity contribution is 9.11. The molecule has 0 unspecified atom stereocenters. The van der Waals surface area contributed by atoms with Gasteiger partial charge >= 0.3 is 0 Å². The number of para-hydroxylation sites is 1. The molecular weight excluding hydrogens is 376 g/mol. The van der Waals surface area contributed by atoms with E-state index in [1.807, 2.05) is 24.3 Å². The smallest absolute Gasteiger partial charge is 0.270 e. The number of hydrogen-bond acceptors (Lipinski definition) is 3. The van der Waals surface area contributed by atoms with Crippen molar-refractivity contribution >= 4 is 43.2 Å². The molecule has 2 aromatic rings. The number of rotatable bonds is 4. The normalized spacial score (nSPS) is 10.2. The van der Waals surface area contributed by atoms with Crippen LogP contribution in [0.4, 0.5) is 11.4 Å². The zero-order valence-electron chi connectivity index (χ0n) is 9.77. The number of anilines is 1. The largest absolute Gasteiger partial charge is 0.380 e. The molecule has 2 rings (SSSR count). The molecule has 0 saturated heterocycles. The lowest BCUT2D eigenvalue weighted by Crippen LogP contribution is -2.01. The fourth-order valence-electron chi connectivity index (χ4n) is 1.59. The number of nitro benzene ring substituents is 1. The van der Waals surface area contributed by atoms with Gasteiger partial charge in [-0.2, -0.15) is 0 Å². The van der Waals surface area contributed by atoms with Crippen LogP contribution in [-0.2, 0) is 6.54 Å². The van der Waals surface area contributed by atoms with Gasteiger partial charge in [0.1, 0.15) is 0 Å². The van der Waals surface area contributed by atoms with Gasteiger partial charge < -0.3 is 5.32 Å². The molecule has 0 amide bonds. The van der Waals surface area contributed by atoms with E-state index in [4.69, 9.17) is 0 Å². The third-order valence-corrected chi connectivity index (χ3v) is 4.02. The lowest BCUT2D eigenvalue weighted by atomic mass is 10.2. The third-order valence-electron chi connectivity index (χ3n) is 2.59. The summed E-state index contributed by atoms with van der Waals surface area (Å²) in [6.07, 6.45) is 0. The Morgan fingerprint density at radius 1 is 1.11 bits per heavy atom. The van der Waals surface area contributed by atoms with Crippen LogP contribution in [0, 0.1) is 10.1 Å². The lowest BCUT2D eigenvalue weighted by Gasteiger charge is -2.09. The first-order valence-corrected chi connectivity index (χ1v) is 7.08. The van der Waals surface area contributed by atoms with Crippen LogP contribution in [0.25, 0.3) is 0 Å². The molecule has 2 aromatic carbocycles. The standard InChI is InChI=1S/C13H10Br2N2O2/c14-11-3-1-2-4-13(11)16-8-9-5-6-10(17(18)19)7-12(9)15/h1-7,16H,8H2. The molecule has 0 aliphatic heterocycles. The molecule has 0 fully saturated rings. The molecule has 0 aromatic heterocycles. The van der Waals surface area contributed by atoms with Crippen molar-refractivity contribution in [3.63, 3.8) is 0 Å². The maximum Gasteiger partial charge on any atom is 0.270 e. The number of benzene rings is 2. The molecule has 98 valence electrons. The molecule has 1 N–H and O–H groups in total. The number of nitro groups is 1. The summed E-state index contributed by atoms with van der Waals surface area (Å²) in [7, 11) is 0. The summed E-state index contributed by atoms with van der Waals surface area (Å²) in [6, 6.07) is 12.6. The molecule has 0 heterocycles. The Bertz CT molecular complexity index is 617. The summed E-state index contributed by atoms with van der Waals surface area (Å²) >= 11 is 6.81. The second-order valence-corrected chi connectivity index (χ2v) is 5.57. The van der Waals surface area contributed by atoms with E-state index in [1.54, 1.807) is 6.07 Å².